The zero-order valence-corrected chi connectivity index (χ0v) is 14.5. The first-order valence-electron chi connectivity index (χ1n) is 8.77. The molecule has 1 unspecified atom stereocenters. The summed E-state index contributed by atoms with van der Waals surface area (Å²) in [5, 5.41) is 12.5. The Hall–Kier alpha value is -3.19. The minimum atomic E-state index is -1.13. The van der Waals surface area contributed by atoms with Crippen LogP contribution in [0.2, 0.25) is 0 Å². The van der Waals surface area contributed by atoms with E-state index in [9.17, 15) is 19.5 Å². The van der Waals surface area contributed by atoms with Gasteiger partial charge < -0.3 is 15.2 Å². The van der Waals surface area contributed by atoms with Gasteiger partial charge in [-0.1, -0.05) is 12.1 Å². The molecule has 2 amide bonds. The van der Waals surface area contributed by atoms with Crippen molar-refractivity contribution in [1.29, 1.82) is 0 Å². The molecule has 1 atom stereocenters. The summed E-state index contributed by atoms with van der Waals surface area (Å²) in [6.07, 6.45) is 1.98. The second-order valence-corrected chi connectivity index (χ2v) is 6.54. The molecule has 1 fully saturated rings. The molecule has 4 rings (SSSR count). The molecule has 2 N–H and O–H groups in total. The summed E-state index contributed by atoms with van der Waals surface area (Å²) in [6.45, 7) is 1.23. The van der Waals surface area contributed by atoms with Crippen LogP contribution in [0.4, 0.5) is 11.4 Å². The van der Waals surface area contributed by atoms with E-state index < -0.39 is 17.8 Å². The molecule has 7 heteroatoms. The highest BCUT2D eigenvalue weighted by Gasteiger charge is 2.37. The average molecular weight is 366 g/mol. The van der Waals surface area contributed by atoms with Crippen molar-refractivity contribution in [1.82, 2.24) is 0 Å². The van der Waals surface area contributed by atoms with Gasteiger partial charge in [0.2, 0.25) is 0 Å². The lowest BCUT2D eigenvalue weighted by Gasteiger charge is -2.21. The molecule has 0 aromatic heterocycles. The number of ether oxygens (including phenoxy) is 1. The van der Waals surface area contributed by atoms with Crippen molar-refractivity contribution < 1.29 is 24.2 Å². The van der Waals surface area contributed by atoms with E-state index >= 15 is 0 Å². The fraction of sp³-hybridized carbons (Fsp3) is 0.250. The van der Waals surface area contributed by atoms with Crippen LogP contribution in [0, 0.1) is 0 Å². The fourth-order valence-electron chi connectivity index (χ4n) is 3.44. The van der Waals surface area contributed by atoms with E-state index in [-0.39, 0.29) is 17.4 Å². The molecule has 2 aromatic carbocycles. The van der Waals surface area contributed by atoms with Crippen LogP contribution in [-0.2, 0) is 4.74 Å². The smallest absolute Gasteiger partial charge is 0.335 e. The number of carboxylic acid groups (broad SMARTS) is 1. The van der Waals surface area contributed by atoms with Gasteiger partial charge in [-0.15, -0.1) is 0 Å². The van der Waals surface area contributed by atoms with Crippen LogP contribution in [0.1, 0.15) is 43.9 Å². The number of hydrogen-bond acceptors (Lipinski definition) is 5. The van der Waals surface area contributed by atoms with Crippen LogP contribution < -0.4 is 10.2 Å². The van der Waals surface area contributed by atoms with Crippen LogP contribution in [0.5, 0.6) is 0 Å². The van der Waals surface area contributed by atoms with Gasteiger partial charge in [0.25, 0.3) is 11.8 Å². The van der Waals surface area contributed by atoms with Crippen LogP contribution >= 0.6 is 0 Å². The van der Waals surface area contributed by atoms with E-state index in [2.05, 4.69) is 5.32 Å². The lowest BCUT2D eigenvalue weighted by molar-refractivity contribution is 0.0695. The number of benzene rings is 2. The topological polar surface area (TPSA) is 95.9 Å². The summed E-state index contributed by atoms with van der Waals surface area (Å²) in [5.74, 6) is -2.05. The van der Waals surface area contributed by atoms with Crippen molar-refractivity contribution in [2.24, 2.45) is 0 Å². The summed E-state index contributed by atoms with van der Waals surface area (Å²) in [6, 6.07) is 10.9. The second-order valence-electron chi connectivity index (χ2n) is 6.54. The number of anilines is 2. The number of nitrogens with zero attached hydrogens (tertiary/aromatic N) is 1. The van der Waals surface area contributed by atoms with Gasteiger partial charge in [-0.25, -0.2) is 9.69 Å². The number of fused-ring (bicyclic) bond motifs is 1. The van der Waals surface area contributed by atoms with Crippen LogP contribution in [-0.4, -0.2) is 42.1 Å². The van der Waals surface area contributed by atoms with Gasteiger partial charge in [0.1, 0.15) is 0 Å². The van der Waals surface area contributed by atoms with Crippen molar-refractivity contribution >= 4 is 29.2 Å². The predicted octanol–water partition coefficient (Wildman–Crippen LogP) is 2.78. The third-order valence-corrected chi connectivity index (χ3v) is 4.82. The largest absolute Gasteiger partial charge is 0.478 e. The molecule has 1 saturated heterocycles. The Morgan fingerprint density at radius 2 is 1.85 bits per heavy atom. The predicted molar refractivity (Wildman–Crippen MR) is 98.4 cm³/mol. The summed E-state index contributed by atoms with van der Waals surface area (Å²) >= 11 is 0. The van der Waals surface area contributed by atoms with E-state index in [1.807, 2.05) is 0 Å². The first-order valence-corrected chi connectivity index (χ1v) is 8.77. The standard InChI is InChI=1S/C20H18N2O5/c23-18-14-5-1-2-6-15(14)19(24)22(18)17-10-12(20(25)26)7-8-16(17)21-11-13-4-3-9-27-13/h1-2,5-8,10,13,21H,3-4,9,11H2,(H,25,26). The summed E-state index contributed by atoms with van der Waals surface area (Å²) < 4.78 is 5.59. The molecular formula is C20H18N2O5. The SMILES string of the molecule is O=C(O)c1ccc(NCC2CCCO2)c(N2C(=O)c3ccccc3C2=O)c1. The van der Waals surface area contributed by atoms with Gasteiger partial charge in [-0.3, -0.25) is 9.59 Å². The van der Waals surface area contributed by atoms with E-state index in [0.717, 1.165) is 24.3 Å². The first kappa shape index (κ1) is 17.2. The van der Waals surface area contributed by atoms with Crippen molar-refractivity contribution in [2.45, 2.75) is 18.9 Å². The van der Waals surface area contributed by atoms with Crippen molar-refractivity contribution in [2.75, 3.05) is 23.4 Å². The highest BCUT2D eigenvalue weighted by Crippen LogP contribution is 2.34. The molecule has 2 aliphatic heterocycles. The maximum absolute atomic E-state index is 12.8. The molecule has 2 aromatic rings. The highest BCUT2D eigenvalue weighted by atomic mass is 16.5. The number of nitrogens with one attached hydrogen (secondary N) is 1. The quantitative estimate of drug-likeness (QED) is 0.790. The Bertz CT molecular complexity index is 899. The van der Waals surface area contributed by atoms with Gasteiger partial charge in [0.05, 0.1) is 34.2 Å². The van der Waals surface area contributed by atoms with Crippen LogP contribution in [0.25, 0.3) is 0 Å². The Morgan fingerprint density at radius 3 is 2.44 bits per heavy atom. The van der Waals surface area contributed by atoms with E-state index in [1.165, 1.54) is 12.1 Å². The van der Waals surface area contributed by atoms with Gasteiger partial charge in [0.15, 0.2) is 0 Å². The maximum Gasteiger partial charge on any atom is 0.335 e. The molecule has 0 aliphatic carbocycles. The monoisotopic (exact) mass is 366 g/mol. The number of carbonyl (C=O) groups excluding carboxylic acids is 2. The van der Waals surface area contributed by atoms with Crippen LogP contribution in [0.15, 0.2) is 42.5 Å². The zero-order valence-electron chi connectivity index (χ0n) is 14.5. The van der Waals surface area contributed by atoms with Gasteiger partial charge in [-0.2, -0.15) is 0 Å². The Balaban J connectivity index is 1.71. The third kappa shape index (κ3) is 3.06. The Morgan fingerprint density at radius 1 is 1.15 bits per heavy atom. The molecule has 0 spiro atoms. The minimum absolute atomic E-state index is 0.00391. The lowest BCUT2D eigenvalue weighted by atomic mass is 10.1. The number of amides is 2. The van der Waals surface area contributed by atoms with Gasteiger partial charge >= 0.3 is 5.97 Å². The second kappa shape index (κ2) is 6.85. The summed E-state index contributed by atoms with van der Waals surface area (Å²) in [4.78, 5) is 38.0. The fourth-order valence-corrected chi connectivity index (χ4v) is 3.44. The number of aromatic carboxylic acids is 1. The number of carbonyl (C=O) groups is 3. The molecule has 2 heterocycles. The molecular weight excluding hydrogens is 348 g/mol. The maximum atomic E-state index is 12.8. The summed E-state index contributed by atoms with van der Waals surface area (Å²) in [5.41, 5.74) is 1.38. The highest BCUT2D eigenvalue weighted by molar-refractivity contribution is 6.35. The van der Waals surface area contributed by atoms with Crippen LogP contribution in [0.3, 0.4) is 0 Å². The third-order valence-electron chi connectivity index (χ3n) is 4.82. The van der Waals surface area contributed by atoms with Crippen molar-refractivity contribution in [3.05, 3.63) is 59.2 Å². The molecule has 0 radical (unpaired) electrons. The van der Waals surface area contributed by atoms with E-state index in [1.54, 1.807) is 30.3 Å². The zero-order chi connectivity index (χ0) is 19.0. The van der Waals surface area contributed by atoms with E-state index in [0.29, 0.717) is 23.4 Å². The first-order chi connectivity index (χ1) is 13.1. The molecule has 7 nitrogen and oxygen atoms in total. The average Bonchev–Trinajstić information content (AvgIpc) is 3.28. The molecule has 0 saturated carbocycles. The minimum Gasteiger partial charge on any atom is -0.478 e. The normalized spacial score (nSPS) is 18.7. The lowest BCUT2D eigenvalue weighted by Crippen LogP contribution is -2.31. The molecule has 138 valence electrons. The number of rotatable bonds is 5. The van der Waals surface area contributed by atoms with Gasteiger partial charge in [0, 0.05) is 13.2 Å². The van der Waals surface area contributed by atoms with Crippen molar-refractivity contribution in [3.63, 3.8) is 0 Å². The van der Waals surface area contributed by atoms with Crippen molar-refractivity contribution in [3.8, 4) is 0 Å². The summed E-state index contributed by atoms with van der Waals surface area (Å²) in [7, 11) is 0. The Kier molecular flexibility index (Phi) is 4.37. The van der Waals surface area contributed by atoms with Gasteiger partial charge in [-0.05, 0) is 43.2 Å². The molecule has 2 aliphatic rings. The molecule has 0 bridgehead atoms. The Labute approximate surface area is 155 Å². The van der Waals surface area contributed by atoms with E-state index in [4.69, 9.17) is 4.74 Å². The number of carboxylic acids is 1. The molecule has 27 heavy (non-hydrogen) atoms. The number of hydrogen-bond donors (Lipinski definition) is 2. The number of imide groups is 1.